The Morgan fingerprint density at radius 1 is 1.27 bits per heavy atom. The normalized spacial score (nSPS) is 23.0. The second-order valence-electron chi connectivity index (χ2n) is 6.16. The van der Waals surface area contributed by atoms with Gasteiger partial charge in [0, 0.05) is 31.6 Å². The van der Waals surface area contributed by atoms with Crippen LogP contribution in [0, 0.1) is 12.8 Å². The van der Waals surface area contributed by atoms with Crippen LogP contribution < -0.4 is 5.73 Å². The van der Waals surface area contributed by atoms with Crippen molar-refractivity contribution in [2.75, 3.05) is 19.6 Å². The van der Waals surface area contributed by atoms with Gasteiger partial charge in [0.05, 0.1) is 11.7 Å². The first kappa shape index (κ1) is 14.9. The summed E-state index contributed by atoms with van der Waals surface area (Å²) in [5.41, 5.74) is 6.12. The van der Waals surface area contributed by atoms with Crippen LogP contribution in [-0.2, 0) is 4.79 Å². The zero-order valence-corrected chi connectivity index (χ0v) is 12.8. The topological polar surface area (TPSA) is 92.7 Å². The predicted molar refractivity (Wildman–Crippen MR) is 78.8 cm³/mol. The summed E-state index contributed by atoms with van der Waals surface area (Å²) in [6.07, 6.45) is 3.26. The van der Waals surface area contributed by atoms with Crippen LogP contribution in [0.5, 0.6) is 0 Å². The van der Waals surface area contributed by atoms with Crippen LogP contribution in [-0.4, -0.2) is 46.5 Å². The first-order valence-corrected chi connectivity index (χ1v) is 7.84. The third-order valence-electron chi connectivity index (χ3n) is 4.67. The molecule has 22 heavy (non-hydrogen) atoms. The van der Waals surface area contributed by atoms with E-state index in [4.69, 9.17) is 10.3 Å². The fraction of sp³-hybridized carbons (Fsp3) is 0.667. The smallest absolute Gasteiger partial charge is 0.314 e. The molecule has 2 N–H and O–H groups in total. The summed E-state index contributed by atoms with van der Waals surface area (Å²) in [6.45, 7) is 3.77. The van der Waals surface area contributed by atoms with Crippen molar-refractivity contribution < 1.29 is 14.1 Å². The van der Waals surface area contributed by atoms with Crippen LogP contribution in [0.25, 0.3) is 0 Å². The van der Waals surface area contributed by atoms with Gasteiger partial charge in [-0.3, -0.25) is 4.79 Å². The second kappa shape index (κ2) is 5.98. The molecule has 2 fully saturated rings. The van der Waals surface area contributed by atoms with Crippen molar-refractivity contribution >= 4 is 11.9 Å². The van der Waals surface area contributed by atoms with E-state index >= 15 is 0 Å². The van der Waals surface area contributed by atoms with Gasteiger partial charge in [0.1, 0.15) is 0 Å². The number of rotatable bonds is 2. The van der Waals surface area contributed by atoms with Crippen molar-refractivity contribution in [3.8, 4) is 0 Å². The van der Waals surface area contributed by atoms with Gasteiger partial charge in [-0.1, -0.05) is 5.16 Å². The lowest BCUT2D eigenvalue weighted by Gasteiger charge is -2.33. The zero-order valence-electron chi connectivity index (χ0n) is 12.8. The Hall–Kier alpha value is -2.05. The zero-order chi connectivity index (χ0) is 15.7. The van der Waals surface area contributed by atoms with E-state index in [-0.39, 0.29) is 17.9 Å². The van der Waals surface area contributed by atoms with Crippen LogP contribution in [0.3, 0.4) is 0 Å². The van der Waals surface area contributed by atoms with Gasteiger partial charge in [-0.15, -0.1) is 0 Å². The quantitative estimate of drug-likeness (QED) is 0.894. The number of hydrogen-bond acceptors (Lipinski definition) is 4. The highest BCUT2D eigenvalue weighted by atomic mass is 16.5. The largest absolute Gasteiger partial charge is 0.359 e. The number of aromatic nitrogens is 1. The molecule has 0 bridgehead atoms. The van der Waals surface area contributed by atoms with Crippen LogP contribution in [0.4, 0.5) is 4.79 Å². The number of urea groups is 1. The van der Waals surface area contributed by atoms with Gasteiger partial charge in [0.25, 0.3) is 0 Å². The molecule has 120 valence electrons. The van der Waals surface area contributed by atoms with Crippen LogP contribution >= 0.6 is 0 Å². The Morgan fingerprint density at radius 2 is 2.00 bits per heavy atom. The fourth-order valence-electron chi connectivity index (χ4n) is 3.45. The van der Waals surface area contributed by atoms with E-state index in [2.05, 4.69) is 5.16 Å². The Kier molecular flexibility index (Phi) is 4.04. The molecule has 0 aliphatic carbocycles. The van der Waals surface area contributed by atoms with Gasteiger partial charge in [0.15, 0.2) is 5.76 Å². The number of piperidine rings is 1. The van der Waals surface area contributed by atoms with Gasteiger partial charge in [0.2, 0.25) is 5.91 Å². The molecule has 7 heteroatoms. The highest BCUT2D eigenvalue weighted by Crippen LogP contribution is 2.34. The lowest BCUT2D eigenvalue weighted by atomic mass is 9.95. The number of nitrogens with zero attached hydrogens (tertiary/aromatic N) is 3. The van der Waals surface area contributed by atoms with E-state index < -0.39 is 6.03 Å². The monoisotopic (exact) mass is 306 g/mol. The molecule has 3 heterocycles. The van der Waals surface area contributed by atoms with Gasteiger partial charge >= 0.3 is 6.03 Å². The Balaban J connectivity index is 1.65. The van der Waals surface area contributed by atoms with Gasteiger partial charge < -0.3 is 20.1 Å². The molecule has 0 spiro atoms. The number of hydrogen-bond donors (Lipinski definition) is 1. The van der Waals surface area contributed by atoms with E-state index in [0.717, 1.165) is 30.8 Å². The molecule has 2 saturated heterocycles. The summed E-state index contributed by atoms with van der Waals surface area (Å²) < 4.78 is 5.35. The molecule has 3 amide bonds. The number of nitrogens with two attached hydrogens (primary N) is 1. The highest BCUT2D eigenvalue weighted by molar-refractivity contribution is 5.80. The first-order valence-electron chi connectivity index (χ1n) is 7.84. The molecular weight excluding hydrogens is 284 g/mol. The van der Waals surface area contributed by atoms with Crippen LogP contribution in [0.15, 0.2) is 10.6 Å². The molecule has 0 radical (unpaired) electrons. The molecule has 1 atom stereocenters. The number of likely N-dealkylation sites (tertiary alicyclic amines) is 2. The molecule has 1 aromatic heterocycles. The minimum absolute atomic E-state index is 0.00266. The maximum Gasteiger partial charge on any atom is 0.314 e. The SMILES string of the molecule is Cc1cc([C@@H]2CCCN2C(=O)C2CCN(C(N)=O)CC2)on1. The number of carbonyl (C=O) groups excluding carboxylic acids is 2. The minimum atomic E-state index is -0.401. The average Bonchev–Trinajstić information content (AvgIpc) is 3.15. The van der Waals surface area contributed by atoms with Crippen molar-refractivity contribution in [1.82, 2.24) is 15.0 Å². The fourth-order valence-corrected chi connectivity index (χ4v) is 3.45. The maximum absolute atomic E-state index is 12.8. The van der Waals surface area contributed by atoms with Crippen molar-refractivity contribution in [1.29, 1.82) is 0 Å². The van der Waals surface area contributed by atoms with Crippen molar-refractivity contribution in [2.45, 2.75) is 38.6 Å². The van der Waals surface area contributed by atoms with E-state index in [0.29, 0.717) is 25.9 Å². The molecule has 7 nitrogen and oxygen atoms in total. The molecule has 2 aliphatic rings. The van der Waals surface area contributed by atoms with Crippen molar-refractivity contribution in [2.24, 2.45) is 11.7 Å². The third kappa shape index (κ3) is 2.80. The summed E-state index contributed by atoms with van der Waals surface area (Å²) >= 11 is 0. The summed E-state index contributed by atoms with van der Waals surface area (Å²) in [7, 11) is 0. The summed E-state index contributed by atoms with van der Waals surface area (Å²) in [5, 5.41) is 3.93. The number of primary amides is 1. The van der Waals surface area contributed by atoms with Crippen LogP contribution in [0.1, 0.15) is 43.2 Å². The number of aryl methyl sites for hydroxylation is 1. The van der Waals surface area contributed by atoms with E-state index in [9.17, 15) is 9.59 Å². The van der Waals surface area contributed by atoms with Gasteiger partial charge in [-0.25, -0.2) is 4.79 Å². The van der Waals surface area contributed by atoms with E-state index in [1.807, 2.05) is 17.9 Å². The minimum Gasteiger partial charge on any atom is -0.359 e. The molecule has 0 saturated carbocycles. The Bertz CT molecular complexity index is 563. The van der Waals surface area contributed by atoms with Crippen LogP contribution in [0.2, 0.25) is 0 Å². The molecule has 3 rings (SSSR count). The van der Waals surface area contributed by atoms with E-state index in [1.54, 1.807) is 4.90 Å². The van der Waals surface area contributed by atoms with Crippen molar-refractivity contribution in [3.05, 3.63) is 17.5 Å². The van der Waals surface area contributed by atoms with Gasteiger partial charge in [-0.2, -0.15) is 0 Å². The molecule has 0 aromatic carbocycles. The Labute approximate surface area is 129 Å². The predicted octanol–water partition coefficient (Wildman–Crippen LogP) is 1.44. The summed E-state index contributed by atoms with van der Waals surface area (Å²) in [4.78, 5) is 27.5. The molecular formula is C15H22N4O3. The lowest BCUT2D eigenvalue weighted by molar-refractivity contribution is -0.138. The lowest BCUT2D eigenvalue weighted by Crippen LogP contribution is -2.45. The average molecular weight is 306 g/mol. The standard InChI is InChI=1S/C15H22N4O3/c1-10-9-13(22-17-10)12-3-2-6-19(12)14(20)11-4-7-18(8-5-11)15(16)21/h9,11-12H,2-8H2,1H3,(H2,16,21)/t12-/m0/s1. The maximum atomic E-state index is 12.8. The summed E-state index contributed by atoms with van der Waals surface area (Å²) in [6, 6.07) is 1.51. The highest BCUT2D eigenvalue weighted by Gasteiger charge is 2.37. The van der Waals surface area contributed by atoms with Crippen molar-refractivity contribution in [3.63, 3.8) is 0 Å². The van der Waals surface area contributed by atoms with Gasteiger partial charge in [-0.05, 0) is 32.6 Å². The Morgan fingerprint density at radius 3 is 2.59 bits per heavy atom. The summed E-state index contributed by atoms with van der Waals surface area (Å²) in [5.74, 6) is 0.916. The first-order chi connectivity index (χ1) is 10.6. The van der Waals surface area contributed by atoms with E-state index in [1.165, 1.54) is 0 Å². The number of amides is 3. The molecule has 1 aromatic rings. The third-order valence-corrected chi connectivity index (χ3v) is 4.67. The molecule has 0 unspecified atom stereocenters. The second-order valence-corrected chi connectivity index (χ2v) is 6.16. The number of carbonyl (C=O) groups is 2. The molecule has 2 aliphatic heterocycles.